The van der Waals surface area contributed by atoms with E-state index in [-0.39, 0.29) is 5.91 Å². The van der Waals surface area contributed by atoms with Gasteiger partial charge in [-0.1, -0.05) is 11.6 Å². The molecule has 0 fully saturated rings. The van der Waals surface area contributed by atoms with Gasteiger partial charge >= 0.3 is 0 Å². The highest BCUT2D eigenvalue weighted by Gasteiger charge is 2.16. The highest BCUT2D eigenvalue weighted by Crippen LogP contribution is 2.22. The second-order valence-electron chi connectivity index (χ2n) is 2.97. The lowest BCUT2D eigenvalue weighted by atomic mass is 10.2. The maximum Gasteiger partial charge on any atom is 0.253 e. The predicted octanol–water partition coefficient (Wildman–Crippen LogP) is 0.603. The van der Waals surface area contributed by atoms with Gasteiger partial charge in [0.2, 0.25) is 0 Å². The number of amides is 1. The van der Waals surface area contributed by atoms with Crippen molar-refractivity contribution < 1.29 is 4.79 Å². The minimum Gasteiger partial charge on any atom is -0.320 e. The third-order valence-corrected chi connectivity index (χ3v) is 2.97. The summed E-state index contributed by atoms with van der Waals surface area (Å²) in [6.07, 6.45) is 0.470. The Hall–Kier alpha value is -0.620. The van der Waals surface area contributed by atoms with Crippen LogP contribution in [-0.4, -0.2) is 24.0 Å². The molecular weight excluding hydrogens is 222 g/mol. The van der Waals surface area contributed by atoms with E-state index in [0.29, 0.717) is 10.8 Å². The Morgan fingerprint density at radius 1 is 1.71 bits per heavy atom. The third-order valence-electron chi connectivity index (χ3n) is 1.71. The molecule has 0 aliphatic heterocycles. The molecule has 0 bridgehead atoms. The minimum atomic E-state index is -0.597. The molecular formula is C8H12ClN3OS. The summed E-state index contributed by atoms with van der Waals surface area (Å²) in [5.74, 6) is 4.99. The van der Waals surface area contributed by atoms with Crippen molar-refractivity contribution in [3.05, 3.63) is 21.3 Å². The summed E-state index contributed by atoms with van der Waals surface area (Å²) in [6, 6.07) is 3.04. The molecule has 0 aromatic carbocycles. The number of likely N-dealkylation sites (N-methyl/N-ethyl adjacent to an activating group) is 1. The number of carbonyl (C=O) groups excluding carboxylic acids is 1. The molecule has 1 heterocycles. The van der Waals surface area contributed by atoms with Gasteiger partial charge in [-0.25, -0.2) is 5.84 Å². The van der Waals surface area contributed by atoms with Gasteiger partial charge in [-0.15, -0.1) is 11.3 Å². The molecule has 0 aliphatic rings. The van der Waals surface area contributed by atoms with Crippen LogP contribution in [0, 0.1) is 0 Å². The summed E-state index contributed by atoms with van der Waals surface area (Å²) in [6.45, 7) is 0. The Kier molecular flexibility index (Phi) is 3.88. The summed E-state index contributed by atoms with van der Waals surface area (Å²) in [4.78, 5) is 12.3. The fourth-order valence-electron chi connectivity index (χ4n) is 1.03. The zero-order chi connectivity index (χ0) is 10.7. The van der Waals surface area contributed by atoms with E-state index in [2.05, 4.69) is 0 Å². The van der Waals surface area contributed by atoms with E-state index in [1.54, 1.807) is 6.07 Å². The minimum absolute atomic E-state index is 0.283. The van der Waals surface area contributed by atoms with Gasteiger partial charge in [0.05, 0.1) is 10.4 Å². The quantitative estimate of drug-likeness (QED) is 0.456. The highest BCUT2D eigenvalue weighted by atomic mass is 35.5. The first-order chi connectivity index (χ1) is 6.50. The molecule has 1 unspecified atom stereocenters. The van der Waals surface area contributed by atoms with Crippen LogP contribution in [0.4, 0.5) is 0 Å². The van der Waals surface area contributed by atoms with Crippen LogP contribution in [0.3, 0.4) is 0 Å². The number of hydrazine groups is 1. The van der Waals surface area contributed by atoms with Crippen LogP contribution in [0.1, 0.15) is 4.88 Å². The molecule has 0 radical (unpaired) electrons. The first-order valence-electron chi connectivity index (χ1n) is 4.02. The number of nitrogens with two attached hydrogens (primary N) is 2. The number of thiophene rings is 1. The maximum absolute atomic E-state index is 11.3. The second kappa shape index (κ2) is 4.75. The lowest BCUT2D eigenvalue weighted by molar-refractivity contribution is -0.131. The largest absolute Gasteiger partial charge is 0.320 e. The van der Waals surface area contributed by atoms with Crippen LogP contribution < -0.4 is 11.6 Å². The Morgan fingerprint density at radius 2 is 2.36 bits per heavy atom. The number of rotatable bonds is 3. The zero-order valence-corrected chi connectivity index (χ0v) is 9.31. The average Bonchev–Trinajstić information content (AvgIpc) is 2.49. The zero-order valence-electron chi connectivity index (χ0n) is 7.74. The van der Waals surface area contributed by atoms with E-state index in [1.165, 1.54) is 18.4 Å². The van der Waals surface area contributed by atoms with Crippen LogP contribution in [0.15, 0.2) is 12.1 Å². The molecule has 0 aliphatic carbocycles. The molecule has 14 heavy (non-hydrogen) atoms. The first-order valence-corrected chi connectivity index (χ1v) is 5.22. The fraction of sp³-hybridized carbons (Fsp3) is 0.375. The molecule has 78 valence electrons. The normalized spacial score (nSPS) is 12.6. The number of halogens is 1. The molecule has 1 atom stereocenters. The molecule has 1 rings (SSSR count). The lowest BCUT2D eigenvalue weighted by Crippen LogP contribution is -2.46. The van der Waals surface area contributed by atoms with Crippen LogP contribution in [0.2, 0.25) is 4.34 Å². The molecule has 4 nitrogen and oxygen atoms in total. The van der Waals surface area contributed by atoms with Crippen molar-refractivity contribution in [3.8, 4) is 0 Å². The van der Waals surface area contributed by atoms with Gasteiger partial charge in [-0.3, -0.25) is 9.80 Å². The van der Waals surface area contributed by atoms with Gasteiger partial charge in [0.25, 0.3) is 5.91 Å². The van der Waals surface area contributed by atoms with Gasteiger partial charge in [-0.2, -0.15) is 0 Å². The number of carbonyl (C=O) groups is 1. The van der Waals surface area contributed by atoms with E-state index in [1.807, 2.05) is 6.07 Å². The van der Waals surface area contributed by atoms with Gasteiger partial charge in [0, 0.05) is 18.3 Å². The van der Waals surface area contributed by atoms with E-state index >= 15 is 0 Å². The Labute approximate surface area is 91.4 Å². The smallest absolute Gasteiger partial charge is 0.253 e. The van der Waals surface area contributed by atoms with Crippen LogP contribution in [0.5, 0.6) is 0 Å². The Balaban J connectivity index is 2.57. The second-order valence-corrected chi connectivity index (χ2v) is 4.77. The SMILES string of the molecule is CN(N)C(=O)C(N)Cc1ccc(Cl)s1. The van der Waals surface area contributed by atoms with Gasteiger partial charge in [-0.05, 0) is 12.1 Å². The van der Waals surface area contributed by atoms with E-state index < -0.39 is 6.04 Å². The monoisotopic (exact) mass is 233 g/mol. The summed E-state index contributed by atoms with van der Waals surface area (Å²) < 4.78 is 0.695. The van der Waals surface area contributed by atoms with E-state index in [4.69, 9.17) is 23.2 Å². The van der Waals surface area contributed by atoms with Crippen molar-refractivity contribution in [2.24, 2.45) is 11.6 Å². The van der Waals surface area contributed by atoms with Crippen molar-refractivity contribution in [1.82, 2.24) is 5.01 Å². The third kappa shape index (κ3) is 2.95. The van der Waals surface area contributed by atoms with Crippen LogP contribution in [-0.2, 0) is 11.2 Å². The summed E-state index contributed by atoms with van der Waals surface area (Å²) in [7, 11) is 1.48. The molecule has 1 amide bonds. The van der Waals surface area contributed by atoms with E-state index in [0.717, 1.165) is 9.89 Å². The standard InChI is InChI=1S/C8H12ClN3OS/c1-12(11)8(13)6(10)4-5-2-3-7(9)14-5/h2-3,6H,4,10-11H2,1H3. The molecule has 1 aromatic rings. The summed E-state index contributed by atoms with van der Waals surface area (Å²) in [5.41, 5.74) is 5.65. The van der Waals surface area contributed by atoms with Crippen LogP contribution >= 0.6 is 22.9 Å². The summed E-state index contributed by atoms with van der Waals surface area (Å²) >= 11 is 7.16. The molecule has 6 heteroatoms. The van der Waals surface area contributed by atoms with Gasteiger partial charge in [0.1, 0.15) is 0 Å². The Morgan fingerprint density at radius 3 is 2.79 bits per heavy atom. The summed E-state index contributed by atoms with van der Waals surface area (Å²) in [5, 5.41) is 1.000. The molecule has 4 N–H and O–H groups in total. The number of hydrogen-bond donors (Lipinski definition) is 2. The fourth-order valence-corrected chi connectivity index (χ4v) is 2.17. The van der Waals surface area contributed by atoms with Crippen molar-refractivity contribution in [1.29, 1.82) is 0 Å². The topological polar surface area (TPSA) is 72.3 Å². The first kappa shape index (κ1) is 11.5. The molecule has 1 aromatic heterocycles. The van der Waals surface area contributed by atoms with Crippen molar-refractivity contribution >= 4 is 28.8 Å². The van der Waals surface area contributed by atoms with E-state index in [9.17, 15) is 4.79 Å². The molecule has 0 saturated carbocycles. The average molecular weight is 234 g/mol. The molecule has 0 spiro atoms. The number of nitrogens with zero attached hydrogens (tertiary/aromatic N) is 1. The van der Waals surface area contributed by atoms with Crippen molar-refractivity contribution in [2.45, 2.75) is 12.5 Å². The van der Waals surface area contributed by atoms with Crippen molar-refractivity contribution in [3.63, 3.8) is 0 Å². The Bertz CT molecular complexity index is 326. The van der Waals surface area contributed by atoms with Gasteiger partial charge < -0.3 is 5.73 Å². The highest BCUT2D eigenvalue weighted by molar-refractivity contribution is 7.16. The van der Waals surface area contributed by atoms with Crippen LogP contribution in [0.25, 0.3) is 0 Å². The lowest BCUT2D eigenvalue weighted by Gasteiger charge is -2.15. The molecule has 0 saturated heterocycles. The van der Waals surface area contributed by atoms with Crippen molar-refractivity contribution in [2.75, 3.05) is 7.05 Å². The predicted molar refractivity (Wildman–Crippen MR) is 58.0 cm³/mol. The number of hydrogen-bond acceptors (Lipinski definition) is 4. The van der Waals surface area contributed by atoms with Gasteiger partial charge in [0.15, 0.2) is 0 Å². The maximum atomic E-state index is 11.3.